The topological polar surface area (TPSA) is 55.1 Å². The molecule has 3 N–H and O–H groups in total. The second-order valence-electron chi connectivity index (χ2n) is 5.50. The van der Waals surface area contributed by atoms with Crippen LogP contribution in [0.4, 0.5) is 0 Å². The molecular weight excluding hydrogens is 268 g/mol. The minimum absolute atomic E-state index is 0. The number of hydrogen-bond donors (Lipinski definition) is 2. The Labute approximate surface area is 120 Å². The minimum Gasteiger partial charge on any atom is -0.353 e. The lowest BCUT2D eigenvalue weighted by molar-refractivity contribution is -0.125. The summed E-state index contributed by atoms with van der Waals surface area (Å²) in [6.07, 6.45) is 9.90. The van der Waals surface area contributed by atoms with Gasteiger partial charge in [0.15, 0.2) is 0 Å². The van der Waals surface area contributed by atoms with Gasteiger partial charge >= 0.3 is 0 Å². The SMILES string of the molecule is CSC1CCCC(NC(=O)C2CCC(N)C2)C1.Cl. The van der Waals surface area contributed by atoms with Crippen LogP contribution in [0.3, 0.4) is 0 Å². The van der Waals surface area contributed by atoms with Gasteiger partial charge in [0.1, 0.15) is 0 Å². The van der Waals surface area contributed by atoms with E-state index in [9.17, 15) is 4.79 Å². The standard InChI is InChI=1S/C13H24N2OS.ClH/c1-17-12-4-2-3-11(8-12)15-13(16)9-5-6-10(14)7-9;/h9-12H,2-8,14H2,1H3,(H,15,16);1H. The molecule has 3 nitrogen and oxygen atoms in total. The van der Waals surface area contributed by atoms with Crippen LogP contribution < -0.4 is 11.1 Å². The summed E-state index contributed by atoms with van der Waals surface area (Å²) in [4.78, 5) is 12.1. The first-order valence-electron chi connectivity index (χ1n) is 6.77. The highest BCUT2D eigenvalue weighted by Crippen LogP contribution is 2.28. The van der Waals surface area contributed by atoms with Crippen molar-refractivity contribution in [2.45, 2.75) is 62.3 Å². The molecule has 0 aromatic heterocycles. The fourth-order valence-corrected chi connectivity index (χ4v) is 3.89. The van der Waals surface area contributed by atoms with Gasteiger partial charge in [-0.05, 0) is 44.8 Å². The highest BCUT2D eigenvalue weighted by molar-refractivity contribution is 7.99. The van der Waals surface area contributed by atoms with E-state index in [0.29, 0.717) is 6.04 Å². The Balaban J connectivity index is 0.00000162. The van der Waals surface area contributed by atoms with Gasteiger partial charge in [0.2, 0.25) is 5.91 Å². The van der Waals surface area contributed by atoms with E-state index in [1.165, 1.54) is 12.8 Å². The average molecular weight is 293 g/mol. The third-order valence-electron chi connectivity index (χ3n) is 4.15. The summed E-state index contributed by atoms with van der Waals surface area (Å²) >= 11 is 1.94. The van der Waals surface area contributed by atoms with Gasteiger partial charge < -0.3 is 11.1 Å². The second kappa shape index (κ2) is 7.61. The van der Waals surface area contributed by atoms with Crippen molar-refractivity contribution in [3.63, 3.8) is 0 Å². The predicted octanol–water partition coefficient (Wildman–Crippen LogP) is 2.33. The molecule has 0 radical (unpaired) electrons. The van der Waals surface area contributed by atoms with Crippen molar-refractivity contribution in [3.05, 3.63) is 0 Å². The quantitative estimate of drug-likeness (QED) is 0.839. The van der Waals surface area contributed by atoms with Crippen molar-refractivity contribution in [1.82, 2.24) is 5.32 Å². The number of rotatable bonds is 3. The molecule has 0 bridgehead atoms. The molecule has 2 saturated carbocycles. The molecule has 106 valence electrons. The number of nitrogens with one attached hydrogen (secondary N) is 1. The van der Waals surface area contributed by atoms with Crippen molar-refractivity contribution in [3.8, 4) is 0 Å². The Morgan fingerprint density at radius 1 is 1.22 bits per heavy atom. The summed E-state index contributed by atoms with van der Waals surface area (Å²) in [6, 6.07) is 0.654. The fourth-order valence-electron chi connectivity index (χ4n) is 3.06. The van der Waals surface area contributed by atoms with Gasteiger partial charge in [0, 0.05) is 23.3 Å². The molecule has 0 spiro atoms. The zero-order valence-corrected chi connectivity index (χ0v) is 12.7. The Bertz CT molecular complexity index is 278. The first kappa shape index (κ1) is 16.1. The van der Waals surface area contributed by atoms with Gasteiger partial charge in [-0.3, -0.25) is 4.79 Å². The number of hydrogen-bond acceptors (Lipinski definition) is 3. The fraction of sp³-hybridized carbons (Fsp3) is 0.923. The molecule has 0 aromatic rings. The van der Waals surface area contributed by atoms with Crippen molar-refractivity contribution in [2.24, 2.45) is 11.7 Å². The second-order valence-corrected chi connectivity index (χ2v) is 6.64. The van der Waals surface area contributed by atoms with Gasteiger partial charge in [-0.2, -0.15) is 11.8 Å². The molecule has 18 heavy (non-hydrogen) atoms. The lowest BCUT2D eigenvalue weighted by atomic mass is 9.94. The maximum Gasteiger partial charge on any atom is 0.223 e. The molecule has 2 aliphatic rings. The van der Waals surface area contributed by atoms with Crippen LogP contribution in [-0.2, 0) is 4.79 Å². The lowest BCUT2D eigenvalue weighted by Gasteiger charge is -2.29. The molecular formula is C13H25ClN2OS. The molecule has 0 aromatic carbocycles. The summed E-state index contributed by atoms with van der Waals surface area (Å²) in [6.45, 7) is 0. The number of amides is 1. The van der Waals surface area contributed by atoms with Crippen molar-refractivity contribution < 1.29 is 4.79 Å². The van der Waals surface area contributed by atoms with Crippen molar-refractivity contribution in [1.29, 1.82) is 0 Å². The van der Waals surface area contributed by atoms with Crippen LogP contribution in [0.15, 0.2) is 0 Å². The number of carbonyl (C=O) groups excluding carboxylic acids is 1. The van der Waals surface area contributed by atoms with E-state index in [-0.39, 0.29) is 30.3 Å². The average Bonchev–Trinajstić information content (AvgIpc) is 2.76. The van der Waals surface area contributed by atoms with E-state index in [4.69, 9.17) is 5.73 Å². The van der Waals surface area contributed by atoms with Crippen LogP contribution in [0.1, 0.15) is 44.9 Å². The first-order valence-corrected chi connectivity index (χ1v) is 8.06. The van der Waals surface area contributed by atoms with Crippen LogP contribution in [0.25, 0.3) is 0 Å². The third-order valence-corrected chi connectivity index (χ3v) is 5.24. The van der Waals surface area contributed by atoms with E-state index >= 15 is 0 Å². The normalized spacial score (nSPS) is 35.9. The summed E-state index contributed by atoms with van der Waals surface area (Å²) in [5.74, 6) is 0.435. The van der Waals surface area contributed by atoms with Crippen LogP contribution >= 0.6 is 24.2 Å². The Morgan fingerprint density at radius 3 is 2.61 bits per heavy atom. The molecule has 5 heteroatoms. The molecule has 2 rings (SSSR count). The van der Waals surface area contributed by atoms with Gasteiger partial charge in [0.05, 0.1) is 0 Å². The molecule has 1 amide bonds. The molecule has 0 aliphatic heterocycles. The Kier molecular flexibility index (Phi) is 6.82. The highest BCUT2D eigenvalue weighted by Gasteiger charge is 2.30. The maximum absolute atomic E-state index is 12.1. The van der Waals surface area contributed by atoms with Crippen molar-refractivity contribution in [2.75, 3.05) is 6.26 Å². The third kappa shape index (κ3) is 4.32. The highest BCUT2D eigenvalue weighted by atomic mass is 35.5. The number of thioether (sulfide) groups is 1. The summed E-state index contributed by atoms with van der Waals surface area (Å²) in [5.41, 5.74) is 5.86. The van der Waals surface area contributed by atoms with Crippen LogP contribution in [0.2, 0.25) is 0 Å². The van der Waals surface area contributed by atoms with E-state index in [2.05, 4.69) is 11.6 Å². The molecule has 2 fully saturated rings. The van der Waals surface area contributed by atoms with E-state index in [0.717, 1.165) is 37.4 Å². The summed E-state index contributed by atoms with van der Waals surface area (Å²) < 4.78 is 0. The van der Waals surface area contributed by atoms with E-state index in [1.54, 1.807) is 0 Å². The van der Waals surface area contributed by atoms with Crippen LogP contribution in [0.5, 0.6) is 0 Å². The van der Waals surface area contributed by atoms with E-state index in [1.807, 2.05) is 11.8 Å². The van der Waals surface area contributed by atoms with Gasteiger partial charge in [0.25, 0.3) is 0 Å². The molecule has 0 heterocycles. The van der Waals surface area contributed by atoms with E-state index < -0.39 is 0 Å². The van der Waals surface area contributed by atoms with Crippen molar-refractivity contribution >= 4 is 30.1 Å². The number of nitrogens with two attached hydrogens (primary N) is 1. The van der Waals surface area contributed by atoms with Crippen LogP contribution in [-0.4, -0.2) is 29.5 Å². The van der Waals surface area contributed by atoms with Gasteiger partial charge in [-0.15, -0.1) is 12.4 Å². The predicted molar refractivity (Wildman–Crippen MR) is 80.3 cm³/mol. The number of halogens is 1. The zero-order chi connectivity index (χ0) is 12.3. The maximum atomic E-state index is 12.1. The minimum atomic E-state index is 0. The Hall–Kier alpha value is 0.0700. The van der Waals surface area contributed by atoms with Crippen LogP contribution in [0, 0.1) is 5.92 Å². The lowest BCUT2D eigenvalue weighted by Crippen LogP contribution is -2.41. The van der Waals surface area contributed by atoms with Gasteiger partial charge in [-0.25, -0.2) is 0 Å². The monoisotopic (exact) mass is 292 g/mol. The summed E-state index contributed by atoms with van der Waals surface area (Å²) in [5, 5.41) is 3.97. The molecule has 4 atom stereocenters. The molecule has 2 aliphatic carbocycles. The first-order chi connectivity index (χ1) is 8.19. The van der Waals surface area contributed by atoms with Gasteiger partial charge in [-0.1, -0.05) is 6.42 Å². The zero-order valence-electron chi connectivity index (χ0n) is 11.1. The number of carbonyl (C=O) groups is 1. The largest absolute Gasteiger partial charge is 0.353 e. The Morgan fingerprint density at radius 2 is 2.00 bits per heavy atom. The molecule has 4 unspecified atom stereocenters. The molecule has 0 saturated heterocycles. The summed E-state index contributed by atoms with van der Waals surface area (Å²) in [7, 11) is 0. The smallest absolute Gasteiger partial charge is 0.223 e.